The molecule has 3 aromatic rings. The van der Waals surface area contributed by atoms with E-state index in [1.165, 1.54) is 36.7 Å². The molecule has 2 atom stereocenters. The normalized spacial score (nSPS) is 15.6. The van der Waals surface area contributed by atoms with Crippen molar-refractivity contribution in [1.82, 2.24) is 20.6 Å². The Labute approximate surface area is 223 Å². The van der Waals surface area contributed by atoms with E-state index in [2.05, 4.69) is 20.6 Å². The summed E-state index contributed by atoms with van der Waals surface area (Å²) in [5.74, 6) is -5.48. The molecule has 2 heterocycles. The number of thioether (sulfide) groups is 1. The SMILES string of the molecule is NC(Cc1c[nH]cn1)C(=O)NC(Cc1cc(F)c(Oc2ccc(C=C3SC(=O)NC3=O)cc2)c(F)c1)C(=O)O. The third-order valence-corrected chi connectivity index (χ3v) is 6.28. The lowest BCUT2D eigenvalue weighted by atomic mass is 10.0. The molecular formula is C25H21F2N5O6S. The molecule has 0 saturated carbocycles. The zero-order chi connectivity index (χ0) is 28.1. The summed E-state index contributed by atoms with van der Waals surface area (Å²) in [6, 6.07) is 5.14. The number of H-pyrrole nitrogens is 1. The molecule has 2 unspecified atom stereocenters. The Kier molecular flexibility index (Phi) is 8.36. The Hall–Kier alpha value is -4.56. The Bertz CT molecular complexity index is 1420. The summed E-state index contributed by atoms with van der Waals surface area (Å²) in [6.07, 6.45) is 4.07. The van der Waals surface area contributed by atoms with Crippen LogP contribution in [0.3, 0.4) is 0 Å². The maximum Gasteiger partial charge on any atom is 0.326 e. The molecule has 0 spiro atoms. The van der Waals surface area contributed by atoms with Crippen LogP contribution in [0.4, 0.5) is 13.6 Å². The zero-order valence-electron chi connectivity index (χ0n) is 19.9. The van der Waals surface area contributed by atoms with E-state index in [9.17, 15) is 33.1 Å². The number of imide groups is 1. The zero-order valence-corrected chi connectivity index (χ0v) is 20.8. The lowest BCUT2D eigenvalue weighted by molar-refractivity contribution is -0.142. The van der Waals surface area contributed by atoms with Gasteiger partial charge in [0.15, 0.2) is 17.4 Å². The highest BCUT2D eigenvalue weighted by Crippen LogP contribution is 2.30. The summed E-state index contributed by atoms with van der Waals surface area (Å²) in [7, 11) is 0. The predicted molar refractivity (Wildman–Crippen MR) is 136 cm³/mol. The maximum atomic E-state index is 14.8. The van der Waals surface area contributed by atoms with E-state index >= 15 is 0 Å². The van der Waals surface area contributed by atoms with Crippen molar-refractivity contribution in [3.8, 4) is 11.5 Å². The number of rotatable bonds is 10. The number of carboxylic acid groups (broad SMARTS) is 1. The Balaban J connectivity index is 1.41. The van der Waals surface area contributed by atoms with Gasteiger partial charge in [0.05, 0.1) is 23.0 Å². The van der Waals surface area contributed by atoms with Crippen molar-refractivity contribution < 1.29 is 37.8 Å². The summed E-state index contributed by atoms with van der Waals surface area (Å²) in [6.45, 7) is 0. The number of amides is 3. The largest absolute Gasteiger partial charge is 0.480 e. The van der Waals surface area contributed by atoms with Crippen LogP contribution in [0.25, 0.3) is 6.08 Å². The van der Waals surface area contributed by atoms with Crippen LogP contribution in [0.5, 0.6) is 11.5 Å². The minimum atomic E-state index is -1.50. The Morgan fingerprint density at radius 1 is 1.15 bits per heavy atom. The lowest BCUT2D eigenvalue weighted by Crippen LogP contribution is -2.50. The molecule has 1 aliphatic rings. The second-order valence-electron chi connectivity index (χ2n) is 8.39. The fourth-order valence-electron chi connectivity index (χ4n) is 3.59. The van der Waals surface area contributed by atoms with Gasteiger partial charge in [0.25, 0.3) is 11.1 Å². The van der Waals surface area contributed by atoms with E-state index in [1.807, 2.05) is 0 Å². The number of halogens is 2. The molecule has 6 N–H and O–H groups in total. The van der Waals surface area contributed by atoms with E-state index in [0.29, 0.717) is 11.3 Å². The molecule has 14 heteroatoms. The number of aromatic amines is 1. The van der Waals surface area contributed by atoms with Crippen molar-refractivity contribution in [2.45, 2.75) is 24.9 Å². The highest BCUT2D eigenvalue weighted by molar-refractivity contribution is 8.18. The van der Waals surface area contributed by atoms with Gasteiger partial charge in [-0.25, -0.2) is 18.6 Å². The van der Waals surface area contributed by atoms with E-state index in [-0.39, 0.29) is 22.6 Å². The second-order valence-corrected chi connectivity index (χ2v) is 9.40. The third kappa shape index (κ3) is 7.06. The molecule has 1 saturated heterocycles. The summed E-state index contributed by atoms with van der Waals surface area (Å²) in [5.41, 5.74) is 6.85. The summed E-state index contributed by atoms with van der Waals surface area (Å²) in [4.78, 5) is 53.9. The van der Waals surface area contributed by atoms with Gasteiger partial charge in [-0.05, 0) is 53.2 Å². The van der Waals surface area contributed by atoms with Crippen LogP contribution in [-0.2, 0) is 27.2 Å². The number of imidazole rings is 1. The van der Waals surface area contributed by atoms with Crippen molar-refractivity contribution in [3.05, 3.63) is 82.3 Å². The molecule has 3 amide bonds. The minimum absolute atomic E-state index is 0.0326. The molecule has 1 fully saturated rings. The fourth-order valence-corrected chi connectivity index (χ4v) is 4.27. The van der Waals surface area contributed by atoms with Gasteiger partial charge in [0, 0.05) is 19.0 Å². The van der Waals surface area contributed by atoms with Crippen LogP contribution in [0.15, 0.2) is 53.8 Å². The number of hydrogen-bond donors (Lipinski definition) is 5. The standard InChI is InChI=1S/C25H21F2N5O6S/c26-16-5-13(7-19(24(35)36)31-22(33)18(28)9-14-10-29-11-30-14)6-17(27)21(16)38-15-3-1-12(2-4-15)8-20-23(34)32-25(37)39-20/h1-6,8,10-11,18-19H,7,9,28H2,(H,29,30)(H,31,33)(H,35,36)(H,32,34,37). The quantitative estimate of drug-likeness (QED) is 0.234. The van der Waals surface area contributed by atoms with Gasteiger partial charge < -0.3 is 25.9 Å². The third-order valence-electron chi connectivity index (χ3n) is 5.47. The fraction of sp³-hybridized carbons (Fsp3) is 0.160. The van der Waals surface area contributed by atoms with Gasteiger partial charge in [0.2, 0.25) is 5.91 Å². The van der Waals surface area contributed by atoms with E-state index < -0.39 is 58.9 Å². The molecule has 4 rings (SSSR count). The van der Waals surface area contributed by atoms with Gasteiger partial charge in [-0.1, -0.05) is 12.1 Å². The maximum absolute atomic E-state index is 14.8. The van der Waals surface area contributed by atoms with E-state index in [0.717, 1.165) is 23.9 Å². The van der Waals surface area contributed by atoms with Crippen LogP contribution in [0.2, 0.25) is 0 Å². The van der Waals surface area contributed by atoms with Gasteiger partial charge >= 0.3 is 5.97 Å². The van der Waals surface area contributed by atoms with Crippen LogP contribution < -0.4 is 21.1 Å². The predicted octanol–water partition coefficient (Wildman–Crippen LogP) is 2.49. The minimum Gasteiger partial charge on any atom is -0.480 e. The number of aliphatic carboxylic acids is 1. The van der Waals surface area contributed by atoms with Crippen molar-refractivity contribution in [3.63, 3.8) is 0 Å². The van der Waals surface area contributed by atoms with E-state index in [1.54, 1.807) is 6.20 Å². The molecule has 1 aromatic heterocycles. The van der Waals surface area contributed by atoms with Gasteiger partial charge in [-0.3, -0.25) is 19.7 Å². The van der Waals surface area contributed by atoms with Crippen molar-refractivity contribution in [1.29, 1.82) is 0 Å². The molecule has 0 bridgehead atoms. The highest BCUT2D eigenvalue weighted by Gasteiger charge is 2.26. The molecule has 2 aromatic carbocycles. The number of ether oxygens (including phenoxy) is 1. The first-order chi connectivity index (χ1) is 18.6. The summed E-state index contributed by atoms with van der Waals surface area (Å²) >= 11 is 0.753. The number of carboxylic acids is 1. The molecule has 1 aliphatic heterocycles. The molecule has 39 heavy (non-hydrogen) atoms. The number of hydrogen-bond acceptors (Lipinski definition) is 8. The smallest absolute Gasteiger partial charge is 0.326 e. The average Bonchev–Trinajstić information content (AvgIpc) is 3.50. The number of carbonyl (C=O) groups excluding carboxylic acids is 3. The van der Waals surface area contributed by atoms with Gasteiger partial charge in [-0.15, -0.1) is 0 Å². The van der Waals surface area contributed by atoms with Crippen LogP contribution in [0.1, 0.15) is 16.8 Å². The number of nitrogens with two attached hydrogens (primary N) is 1. The van der Waals surface area contributed by atoms with Gasteiger partial charge in [-0.2, -0.15) is 0 Å². The Morgan fingerprint density at radius 2 is 1.85 bits per heavy atom. The number of benzene rings is 2. The van der Waals surface area contributed by atoms with E-state index in [4.69, 9.17) is 10.5 Å². The van der Waals surface area contributed by atoms with Crippen LogP contribution >= 0.6 is 11.8 Å². The summed E-state index contributed by atoms with van der Waals surface area (Å²) < 4.78 is 34.9. The first kappa shape index (κ1) is 27.5. The van der Waals surface area contributed by atoms with Crippen molar-refractivity contribution >= 4 is 40.9 Å². The number of nitrogens with one attached hydrogen (secondary N) is 3. The second kappa shape index (κ2) is 11.9. The number of nitrogens with zero attached hydrogens (tertiary/aromatic N) is 1. The number of carbonyl (C=O) groups is 4. The molecule has 11 nitrogen and oxygen atoms in total. The van der Waals surface area contributed by atoms with Crippen LogP contribution in [-0.4, -0.2) is 50.2 Å². The molecular weight excluding hydrogens is 536 g/mol. The Morgan fingerprint density at radius 3 is 2.41 bits per heavy atom. The van der Waals surface area contributed by atoms with Gasteiger partial charge in [0.1, 0.15) is 11.8 Å². The van der Waals surface area contributed by atoms with Crippen molar-refractivity contribution in [2.75, 3.05) is 0 Å². The highest BCUT2D eigenvalue weighted by atomic mass is 32.2. The van der Waals surface area contributed by atoms with Crippen molar-refractivity contribution in [2.24, 2.45) is 5.73 Å². The molecule has 0 radical (unpaired) electrons. The average molecular weight is 558 g/mol. The molecule has 0 aliphatic carbocycles. The van der Waals surface area contributed by atoms with Crippen LogP contribution in [0, 0.1) is 11.6 Å². The number of aromatic nitrogens is 2. The summed E-state index contributed by atoms with van der Waals surface area (Å²) in [5, 5.41) is 13.5. The first-order valence-electron chi connectivity index (χ1n) is 11.4. The topological polar surface area (TPSA) is 176 Å². The lowest BCUT2D eigenvalue weighted by Gasteiger charge is -2.18. The molecule has 202 valence electrons. The first-order valence-corrected chi connectivity index (χ1v) is 12.2. The monoisotopic (exact) mass is 557 g/mol.